The van der Waals surface area contributed by atoms with Crippen LogP contribution >= 0.6 is 11.6 Å². The lowest BCUT2D eigenvalue weighted by Gasteiger charge is -2.20. The van der Waals surface area contributed by atoms with E-state index >= 15 is 0 Å². The number of anilines is 1. The van der Waals surface area contributed by atoms with Crippen LogP contribution in [0.4, 0.5) is 10.1 Å². The molecular formula is C16H16ClFN2O4S. The van der Waals surface area contributed by atoms with Crippen LogP contribution in [0.25, 0.3) is 0 Å². The van der Waals surface area contributed by atoms with Crippen LogP contribution in [0, 0.1) is 5.82 Å². The first kappa shape index (κ1) is 19.2. The number of nitrogens with one attached hydrogen (secondary N) is 1. The van der Waals surface area contributed by atoms with Gasteiger partial charge in [0.15, 0.2) is 0 Å². The maximum Gasteiger partial charge on any atom is 0.276 e. The van der Waals surface area contributed by atoms with E-state index < -0.39 is 21.7 Å². The molecule has 0 radical (unpaired) electrons. The van der Waals surface area contributed by atoms with Crippen molar-refractivity contribution in [2.75, 3.05) is 18.0 Å². The second-order valence-electron chi connectivity index (χ2n) is 4.95. The molecule has 0 aliphatic heterocycles. The lowest BCUT2D eigenvalue weighted by Crippen LogP contribution is -2.28. The maximum absolute atomic E-state index is 13.0. The summed E-state index contributed by atoms with van der Waals surface area (Å²) in [4.78, 5) is 16.7. The van der Waals surface area contributed by atoms with Crippen molar-refractivity contribution in [2.45, 2.75) is 11.8 Å². The van der Waals surface area contributed by atoms with E-state index in [1.165, 1.54) is 31.3 Å². The summed E-state index contributed by atoms with van der Waals surface area (Å²) in [5, 5.41) is 0.0839. The van der Waals surface area contributed by atoms with Crippen molar-refractivity contribution in [3.63, 3.8) is 0 Å². The molecule has 0 bridgehead atoms. The summed E-state index contributed by atoms with van der Waals surface area (Å²) >= 11 is 5.97. The van der Waals surface area contributed by atoms with E-state index in [0.29, 0.717) is 0 Å². The highest BCUT2D eigenvalue weighted by Gasteiger charge is 2.24. The molecule has 0 aromatic heterocycles. The molecule has 2 aromatic rings. The van der Waals surface area contributed by atoms with Gasteiger partial charge in [0, 0.05) is 7.05 Å². The van der Waals surface area contributed by atoms with Gasteiger partial charge in [-0.3, -0.25) is 13.9 Å². The molecule has 0 atom stereocenters. The number of carbonyl (C=O) groups is 1. The Hall–Kier alpha value is -2.16. The largest absolute Gasteiger partial charge is 0.276 e. The number of benzene rings is 2. The van der Waals surface area contributed by atoms with Crippen molar-refractivity contribution < 1.29 is 22.4 Å². The average molecular weight is 387 g/mol. The van der Waals surface area contributed by atoms with E-state index in [2.05, 4.69) is 5.48 Å². The van der Waals surface area contributed by atoms with E-state index in [0.717, 1.165) is 22.5 Å². The Morgan fingerprint density at radius 2 is 1.88 bits per heavy atom. The van der Waals surface area contributed by atoms with Crippen molar-refractivity contribution in [3.05, 3.63) is 58.9 Å². The third kappa shape index (κ3) is 4.28. The lowest BCUT2D eigenvalue weighted by molar-refractivity contribution is 0.0364. The number of sulfonamides is 1. The monoisotopic (exact) mass is 386 g/mol. The van der Waals surface area contributed by atoms with Gasteiger partial charge < -0.3 is 0 Å². The number of hydroxylamine groups is 1. The second kappa shape index (κ2) is 7.81. The summed E-state index contributed by atoms with van der Waals surface area (Å²) in [7, 11) is -2.64. The zero-order valence-electron chi connectivity index (χ0n) is 13.5. The highest BCUT2D eigenvalue weighted by atomic mass is 35.5. The van der Waals surface area contributed by atoms with Crippen LogP contribution in [-0.2, 0) is 14.9 Å². The van der Waals surface area contributed by atoms with Crippen molar-refractivity contribution in [3.8, 4) is 0 Å². The van der Waals surface area contributed by atoms with E-state index in [4.69, 9.17) is 16.4 Å². The third-order valence-electron chi connectivity index (χ3n) is 3.34. The van der Waals surface area contributed by atoms with Crippen LogP contribution in [-0.4, -0.2) is 28.0 Å². The Labute approximate surface area is 150 Å². The molecule has 6 nitrogen and oxygen atoms in total. The van der Waals surface area contributed by atoms with Crippen LogP contribution in [0.15, 0.2) is 47.4 Å². The number of nitrogens with zero attached hydrogens (tertiary/aromatic N) is 1. The minimum atomic E-state index is -3.97. The molecule has 1 amide bonds. The predicted molar refractivity (Wildman–Crippen MR) is 92.5 cm³/mol. The van der Waals surface area contributed by atoms with E-state index in [9.17, 15) is 17.6 Å². The number of amides is 1. The van der Waals surface area contributed by atoms with Gasteiger partial charge in [0.1, 0.15) is 5.82 Å². The molecule has 0 aliphatic rings. The van der Waals surface area contributed by atoms with Crippen LogP contribution in [0.5, 0.6) is 0 Å². The standard InChI is InChI=1S/C16H16ClFN2O4S/c1-3-24-19-16(21)14-10-13(8-9-15(14)17)25(22,23)20(2)12-6-4-11(18)5-7-12/h4-10H,3H2,1-2H3,(H,19,21). The van der Waals surface area contributed by atoms with Gasteiger partial charge in [0.25, 0.3) is 15.9 Å². The first-order chi connectivity index (χ1) is 11.8. The van der Waals surface area contributed by atoms with Crippen LogP contribution in [0.3, 0.4) is 0 Å². The Morgan fingerprint density at radius 1 is 1.24 bits per heavy atom. The second-order valence-corrected chi connectivity index (χ2v) is 7.33. The Balaban J connectivity index is 2.39. The molecule has 1 N–H and O–H groups in total. The molecule has 0 fully saturated rings. The van der Waals surface area contributed by atoms with Crippen molar-refractivity contribution in [2.24, 2.45) is 0 Å². The molecule has 2 rings (SSSR count). The molecule has 0 spiro atoms. The van der Waals surface area contributed by atoms with E-state index in [1.807, 2.05) is 0 Å². The highest BCUT2D eigenvalue weighted by Crippen LogP contribution is 2.26. The van der Waals surface area contributed by atoms with Crippen molar-refractivity contribution in [1.82, 2.24) is 5.48 Å². The maximum atomic E-state index is 13.0. The van der Waals surface area contributed by atoms with Gasteiger partial charge >= 0.3 is 0 Å². The number of rotatable bonds is 6. The van der Waals surface area contributed by atoms with Crippen molar-refractivity contribution in [1.29, 1.82) is 0 Å². The zero-order valence-corrected chi connectivity index (χ0v) is 15.1. The summed E-state index contributed by atoms with van der Waals surface area (Å²) in [5.41, 5.74) is 2.40. The van der Waals surface area contributed by atoms with Gasteiger partial charge in [-0.05, 0) is 49.4 Å². The summed E-state index contributed by atoms with van der Waals surface area (Å²) in [5.74, 6) is -1.13. The number of hydrogen-bond donors (Lipinski definition) is 1. The topological polar surface area (TPSA) is 75.7 Å². The molecule has 9 heteroatoms. The molecule has 2 aromatic carbocycles. The summed E-state index contributed by atoms with van der Waals surface area (Å²) < 4.78 is 39.5. The minimum absolute atomic E-state index is 0.0382. The quantitative estimate of drug-likeness (QED) is 0.774. The minimum Gasteiger partial charge on any atom is -0.274 e. The smallest absolute Gasteiger partial charge is 0.274 e. The predicted octanol–water partition coefficient (Wildman–Crippen LogP) is 2.99. The number of halogens is 2. The third-order valence-corrected chi connectivity index (χ3v) is 5.45. The summed E-state index contributed by atoms with van der Waals surface area (Å²) in [6, 6.07) is 8.75. The molecule has 0 aliphatic carbocycles. The van der Waals surface area contributed by atoms with E-state index in [-0.39, 0.29) is 27.8 Å². The summed E-state index contributed by atoms with van der Waals surface area (Å²) in [6.07, 6.45) is 0. The fraction of sp³-hybridized carbons (Fsp3) is 0.188. The first-order valence-electron chi connectivity index (χ1n) is 7.23. The molecule has 25 heavy (non-hydrogen) atoms. The van der Waals surface area contributed by atoms with Gasteiger partial charge in [-0.15, -0.1) is 0 Å². The molecule has 0 heterocycles. The van der Waals surface area contributed by atoms with Gasteiger partial charge in [0.05, 0.1) is 27.8 Å². The molecule has 0 saturated heterocycles. The molecule has 0 saturated carbocycles. The SMILES string of the molecule is CCONC(=O)c1cc(S(=O)(=O)N(C)c2ccc(F)cc2)ccc1Cl. The van der Waals surface area contributed by atoms with E-state index in [1.54, 1.807) is 6.92 Å². The first-order valence-corrected chi connectivity index (χ1v) is 9.05. The van der Waals surface area contributed by atoms with Crippen molar-refractivity contribution >= 4 is 33.2 Å². The van der Waals surface area contributed by atoms with Gasteiger partial charge in [0.2, 0.25) is 0 Å². The van der Waals surface area contributed by atoms with Gasteiger partial charge in [-0.2, -0.15) is 0 Å². The Kier molecular flexibility index (Phi) is 5.99. The zero-order chi connectivity index (χ0) is 18.6. The summed E-state index contributed by atoms with van der Waals surface area (Å²) in [6.45, 7) is 1.93. The van der Waals surface area contributed by atoms with Gasteiger partial charge in [-0.25, -0.2) is 18.3 Å². The van der Waals surface area contributed by atoms with Crippen LogP contribution < -0.4 is 9.79 Å². The fourth-order valence-electron chi connectivity index (χ4n) is 1.98. The lowest BCUT2D eigenvalue weighted by atomic mass is 10.2. The van der Waals surface area contributed by atoms with Crippen LogP contribution in [0.2, 0.25) is 5.02 Å². The molecule has 0 unspecified atom stereocenters. The molecule has 134 valence electrons. The Morgan fingerprint density at radius 3 is 2.48 bits per heavy atom. The van der Waals surface area contributed by atoms with Crippen LogP contribution in [0.1, 0.15) is 17.3 Å². The molecular weight excluding hydrogens is 371 g/mol. The fourth-order valence-corrected chi connectivity index (χ4v) is 3.41. The van der Waals surface area contributed by atoms with Gasteiger partial charge in [-0.1, -0.05) is 11.6 Å². The normalized spacial score (nSPS) is 11.2. The Bertz CT molecular complexity index is 872. The highest BCUT2D eigenvalue weighted by molar-refractivity contribution is 7.92. The number of carbonyl (C=O) groups excluding carboxylic acids is 1. The number of hydrogen-bond acceptors (Lipinski definition) is 4. The average Bonchev–Trinajstić information content (AvgIpc) is 2.59.